The van der Waals surface area contributed by atoms with Crippen molar-refractivity contribution in [2.45, 2.75) is 32.2 Å². The SMILES string of the molecule is CCOc1nc(OCC2CCCCN2C)ccc1N. The van der Waals surface area contributed by atoms with Gasteiger partial charge in [-0.1, -0.05) is 6.42 Å². The highest BCUT2D eigenvalue weighted by atomic mass is 16.5. The van der Waals surface area contributed by atoms with E-state index >= 15 is 0 Å². The molecule has 1 aliphatic rings. The Morgan fingerprint density at radius 2 is 2.21 bits per heavy atom. The molecule has 1 unspecified atom stereocenters. The van der Waals surface area contributed by atoms with Crippen LogP contribution in [0, 0.1) is 0 Å². The molecule has 5 heteroatoms. The first-order valence-corrected chi connectivity index (χ1v) is 6.93. The van der Waals surface area contributed by atoms with Crippen molar-refractivity contribution >= 4 is 5.69 Å². The van der Waals surface area contributed by atoms with Crippen molar-refractivity contribution < 1.29 is 9.47 Å². The quantitative estimate of drug-likeness (QED) is 0.881. The molecule has 0 bridgehead atoms. The van der Waals surface area contributed by atoms with Gasteiger partial charge in [-0.05, 0) is 39.4 Å². The van der Waals surface area contributed by atoms with Crippen LogP contribution in [0.3, 0.4) is 0 Å². The van der Waals surface area contributed by atoms with Gasteiger partial charge < -0.3 is 20.1 Å². The number of nitrogens with two attached hydrogens (primary N) is 1. The van der Waals surface area contributed by atoms with Crippen LogP contribution < -0.4 is 15.2 Å². The van der Waals surface area contributed by atoms with Crippen molar-refractivity contribution in [2.75, 3.05) is 32.5 Å². The standard InChI is InChI=1S/C14H23N3O2/c1-3-18-14-12(15)7-8-13(16-14)19-10-11-6-4-5-9-17(11)2/h7-8,11H,3-6,9-10,15H2,1-2H3. The molecule has 1 fully saturated rings. The molecule has 19 heavy (non-hydrogen) atoms. The van der Waals surface area contributed by atoms with Crippen LogP contribution in [0.25, 0.3) is 0 Å². The Morgan fingerprint density at radius 1 is 1.37 bits per heavy atom. The van der Waals surface area contributed by atoms with Crippen molar-refractivity contribution in [2.24, 2.45) is 0 Å². The predicted octanol–water partition coefficient (Wildman–Crippen LogP) is 1.93. The summed E-state index contributed by atoms with van der Waals surface area (Å²) in [6.07, 6.45) is 3.74. The predicted molar refractivity (Wildman–Crippen MR) is 75.6 cm³/mol. The van der Waals surface area contributed by atoms with Crippen LogP contribution in [0.2, 0.25) is 0 Å². The number of pyridine rings is 1. The zero-order valence-corrected chi connectivity index (χ0v) is 11.8. The van der Waals surface area contributed by atoms with Crippen molar-refractivity contribution in [3.05, 3.63) is 12.1 Å². The maximum atomic E-state index is 5.79. The van der Waals surface area contributed by atoms with Crippen molar-refractivity contribution in [3.8, 4) is 11.8 Å². The monoisotopic (exact) mass is 265 g/mol. The Morgan fingerprint density at radius 3 is 2.95 bits per heavy atom. The smallest absolute Gasteiger partial charge is 0.240 e. The van der Waals surface area contributed by atoms with Gasteiger partial charge in [-0.15, -0.1) is 0 Å². The van der Waals surface area contributed by atoms with Gasteiger partial charge in [0.2, 0.25) is 11.8 Å². The van der Waals surface area contributed by atoms with Gasteiger partial charge in [0.1, 0.15) is 6.61 Å². The molecule has 1 aromatic heterocycles. The van der Waals surface area contributed by atoms with Gasteiger partial charge in [-0.2, -0.15) is 4.98 Å². The molecule has 1 aliphatic heterocycles. The number of hydrogen-bond donors (Lipinski definition) is 1. The van der Waals surface area contributed by atoms with Crippen LogP contribution in [0.4, 0.5) is 5.69 Å². The third kappa shape index (κ3) is 3.73. The number of ether oxygens (including phenoxy) is 2. The second-order valence-electron chi connectivity index (χ2n) is 4.92. The molecule has 1 atom stereocenters. The first kappa shape index (κ1) is 13.9. The molecule has 2 heterocycles. The van der Waals surface area contributed by atoms with Gasteiger partial charge in [0, 0.05) is 12.1 Å². The highest BCUT2D eigenvalue weighted by Gasteiger charge is 2.19. The van der Waals surface area contributed by atoms with Gasteiger partial charge >= 0.3 is 0 Å². The summed E-state index contributed by atoms with van der Waals surface area (Å²) in [5.74, 6) is 1.04. The van der Waals surface area contributed by atoms with E-state index < -0.39 is 0 Å². The van der Waals surface area contributed by atoms with Crippen molar-refractivity contribution in [3.63, 3.8) is 0 Å². The van der Waals surface area contributed by atoms with Gasteiger partial charge in [0.15, 0.2) is 0 Å². The number of hydrogen-bond acceptors (Lipinski definition) is 5. The number of likely N-dealkylation sites (N-methyl/N-ethyl adjacent to an activating group) is 1. The molecule has 0 aliphatic carbocycles. The van der Waals surface area contributed by atoms with E-state index in [0.717, 1.165) is 6.54 Å². The largest absolute Gasteiger partial charge is 0.476 e. The maximum Gasteiger partial charge on any atom is 0.240 e. The fourth-order valence-corrected chi connectivity index (χ4v) is 2.30. The lowest BCUT2D eigenvalue weighted by molar-refractivity contribution is 0.122. The lowest BCUT2D eigenvalue weighted by atomic mass is 10.0. The molecule has 2 rings (SSSR count). The van der Waals surface area contributed by atoms with Crippen molar-refractivity contribution in [1.82, 2.24) is 9.88 Å². The first-order chi connectivity index (χ1) is 9.20. The normalized spacial score (nSPS) is 20.2. The van der Waals surface area contributed by atoms with Gasteiger partial charge in [-0.25, -0.2) is 0 Å². The van der Waals surface area contributed by atoms with E-state index in [4.69, 9.17) is 15.2 Å². The average molecular weight is 265 g/mol. The minimum atomic E-state index is 0.456. The fourth-order valence-electron chi connectivity index (χ4n) is 2.30. The van der Waals surface area contributed by atoms with Gasteiger partial charge in [0.25, 0.3) is 0 Å². The number of aromatic nitrogens is 1. The fraction of sp³-hybridized carbons (Fsp3) is 0.643. The summed E-state index contributed by atoms with van der Waals surface area (Å²) >= 11 is 0. The Hall–Kier alpha value is -1.49. The highest BCUT2D eigenvalue weighted by molar-refractivity contribution is 5.49. The zero-order chi connectivity index (χ0) is 13.7. The Labute approximate surface area is 114 Å². The molecule has 0 amide bonds. The summed E-state index contributed by atoms with van der Waals surface area (Å²) in [6, 6.07) is 4.04. The lowest BCUT2D eigenvalue weighted by Gasteiger charge is -2.31. The van der Waals surface area contributed by atoms with Crippen LogP contribution in [0.15, 0.2) is 12.1 Å². The minimum Gasteiger partial charge on any atom is -0.476 e. The zero-order valence-electron chi connectivity index (χ0n) is 11.8. The van der Waals surface area contributed by atoms with E-state index in [-0.39, 0.29) is 0 Å². The van der Waals surface area contributed by atoms with E-state index in [9.17, 15) is 0 Å². The molecule has 0 radical (unpaired) electrons. The Bertz CT molecular complexity index is 412. The van der Waals surface area contributed by atoms with E-state index in [1.165, 1.54) is 19.3 Å². The summed E-state index contributed by atoms with van der Waals surface area (Å²) in [5, 5.41) is 0. The summed E-state index contributed by atoms with van der Waals surface area (Å²) in [5.41, 5.74) is 6.33. The third-order valence-corrected chi connectivity index (χ3v) is 3.49. The molecule has 1 aromatic rings. The summed E-state index contributed by atoms with van der Waals surface area (Å²) in [4.78, 5) is 6.63. The lowest BCUT2D eigenvalue weighted by Crippen LogP contribution is -2.40. The second-order valence-corrected chi connectivity index (χ2v) is 4.92. The van der Waals surface area contributed by atoms with Gasteiger partial charge in [-0.3, -0.25) is 0 Å². The number of likely N-dealkylation sites (tertiary alicyclic amines) is 1. The maximum absolute atomic E-state index is 5.79. The minimum absolute atomic E-state index is 0.456. The van der Waals surface area contributed by atoms with Crippen LogP contribution in [0.5, 0.6) is 11.8 Å². The van der Waals surface area contributed by atoms with Crippen LogP contribution >= 0.6 is 0 Å². The van der Waals surface area contributed by atoms with E-state index in [2.05, 4.69) is 16.9 Å². The number of piperidine rings is 1. The molecule has 1 saturated heterocycles. The molecular formula is C14H23N3O2. The van der Waals surface area contributed by atoms with Crippen molar-refractivity contribution in [1.29, 1.82) is 0 Å². The van der Waals surface area contributed by atoms with Crippen LogP contribution in [-0.2, 0) is 0 Å². The Balaban J connectivity index is 1.93. The number of nitrogens with zero attached hydrogens (tertiary/aromatic N) is 2. The Kier molecular flexibility index (Phi) is 4.85. The topological polar surface area (TPSA) is 60.6 Å². The molecule has 2 N–H and O–H groups in total. The average Bonchev–Trinajstić information content (AvgIpc) is 2.41. The van der Waals surface area contributed by atoms with Crippen LogP contribution in [0.1, 0.15) is 26.2 Å². The molecular weight excluding hydrogens is 242 g/mol. The van der Waals surface area contributed by atoms with Gasteiger partial charge in [0.05, 0.1) is 12.3 Å². The number of anilines is 1. The molecule has 0 aromatic carbocycles. The van der Waals surface area contributed by atoms with Crippen LogP contribution in [-0.4, -0.2) is 42.7 Å². The summed E-state index contributed by atoms with van der Waals surface area (Å²) in [6.45, 7) is 4.27. The molecule has 0 spiro atoms. The van der Waals surface area contributed by atoms with E-state index in [1.54, 1.807) is 12.1 Å². The number of rotatable bonds is 5. The summed E-state index contributed by atoms with van der Waals surface area (Å²) in [7, 11) is 2.15. The third-order valence-electron chi connectivity index (χ3n) is 3.49. The highest BCUT2D eigenvalue weighted by Crippen LogP contribution is 2.23. The van der Waals surface area contributed by atoms with E-state index in [0.29, 0.717) is 36.7 Å². The first-order valence-electron chi connectivity index (χ1n) is 6.93. The van der Waals surface area contributed by atoms with E-state index in [1.807, 2.05) is 6.92 Å². The summed E-state index contributed by atoms with van der Waals surface area (Å²) < 4.78 is 11.1. The molecule has 0 saturated carbocycles. The molecule has 5 nitrogen and oxygen atoms in total. The number of nitrogen functional groups attached to an aromatic ring is 1. The molecule has 106 valence electrons. The second kappa shape index (κ2) is 6.61.